The van der Waals surface area contributed by atoms with Crippen LogP contribution in [0.3, 0.4) is 0 Å². The van der Waals surface area contributed by atoms with E-state index in [0.717, 1.165) is 19.3 Å². The molecule has 0 N–H and O–H groups in total. The molecule has 4 heteroatoms. The lowest BCUT2D eigenvalue weighted by atomic mass is 10.0. The van der Waals surface area contributed by atoms with Gasteiger partial charge in [-0.25, -0.2) is 0 Å². The van der Waals surface area contributed by atoms with Crippen LogP contribution in [0.15, 0.2) is 30.3 Å². The molecular weight excluding hydrogens is 280 g/mol. The highest BCUT2D eigenvalue weighted by molar-refractivity contribution is 6.84. The fraction of sp³-hybridized carbons (Fsp3) is 0.588. The number of rotatable bonds is 6. The Morgan fingerprint density at radius 2 is 1.95 bits per heavy atom. The maximum absolute atomic E-state index is 11.7. The number of hydrogen-bond donors (Lipinski definition) is 0. The molecule has 1 saturated carbocycles. The summed E-state index contributed by atoms with van der Waals surface area (Å²) >= 11 is 0. The molecule has 0 radical (unpaired) electrons. The van der Waals surface area contributed by atoms with Crippen LogP contribution in [0, 0.1) is 5.92 Å². The third-order valence-electron chi connectivity index (χ3n) is 4.24. The van der Waals surface area contributed by atoms with E-state index in [2.05, 4.69) is 37.4 Å². The topological polar surface area (TPSA) is 35.5 Å². The van der Waals surface area contributed by atoms with Crippen LogP contribution in [0.25, 0.3) is 0 Å². The van der Waals surface area contributed by atoms with Gasteiger partial charge in [0.25, 0.3) is 0 Å². The quantitative estimate of drug-likeness (QED) is 0.598. The lowest BCUT2D eigenvalue weighted by Crippen LogP contribution is -2.48. The molecule has 21 heavy (non-hydrogen) atoms. The first kappa shape index (κ1) is 16.2. The highest BCUT2D eigenvalue weighted by Crippen LogP contribution is 2.33. The highest BCUT2D eigenvalue weighted by Gasteiger charge is 2.36. The average Bonchev–Trinajstić information content (AvgIpc) is 2.86. The lowest BCUT2D eigenvalue weighted by molar-refractivity contribution is -0.144. The van der Waals surface area contributed by atoms with Crippen molar-refractivity contribution < 1.29 is 14.0 Å². The van der Waals surface area contributed by atoms with Crippen LogP contribution in [-0.2, 0) is 14.0 Å². The van der Waals surface area contributed by atoms with Crippen LogP contribution >= 0.6 is 0 Å². The second kappa shape index (κ2) is 7.23. The van der Waals surface area contributed by atoms with Crippen LogP contribution < -0.4 is 5.19 Å². The van der Waals surface area contributed by atoms with Crippen molar-refractivity contribution in [3.8, 4) is 0 Å². The van der Waals surface area contributed by atoms with E-state index >= 15 is 0 Å². The van der Waals surface area contributed by atoms with E-state index < -0.39 is 8.32 Å². The van der Waals surface area contributed by atoms with Crippen molar-refractivity contribution in [3.05, 3.63) is 30.3 Å². The third kappa shape index (κ3) is 4.42. The first-order valence-electron chi connectivity index (χ1n) is 7.92. The van der Waals surface area contributed by atoms with Gasteiger partial charge in [-0.3, -0.25) is 4.79 Å². The normalized spacial score (nSPS) is 22.2. The maximum Gasteiger partial charge on any atom is 0.306 e. The van der Waals surface area contributed by atoms with E-state index in [9.17, 15) is 4.79 Å². The summed E-state index contributed by atoms with van der Waals surface area (Å²) in [5.41, 5.74) is 0. The summed E-state index contributed by atoms with van der Waals surface area (Å²) < 4.78 is 11.6. The molecule has 0 aliphatic heterocycles. The van der Waals surface area contributed by atoms with Gasteiger partial charge in [-0.05, 0) is 44.0 Å². The first-order chi connectivity index (χ1) is 10.0. The predicted molar refractivity (Wildman–Crippen MR) is 87.0 cm³/mol. The van der Waals surface area contributed by atoms with E-state index in [4.69, 9.17) is 9.16 Å². The highest BCUT2D eigenvalue weighted by atomic mass is 28.4. The molecule has 116 valence electrons. The summed E-state index contributed by atoms with van der Waals surface area (Å²) in [6.45, 7) is 6.79. The molecule has 0 spiro atoms. The summed E-state index contributed by atoms with van der Waals surface area (Å²) in [4.78, 5) is 11.7. The monoisotopic (exact) mass is 306 g/mol. The minimum Gasteiger partial charge on any atom is -0.466 e. The Morgan fingerprint density at radius 3 is 2.62 bits per heavy atom. The van der Waals surface area contributed by atoms with E-state index in [-0.39, 0.29) is 12.1 Å². The van der Waals surface area contributed by atoms with Crippen LogP contribution in [0.4, 0.5) is 0 Å². The van der Waals surface area contributed by atoms with Gasteiger partial charge in [-0.1, -0.05) is 36.8 Å². The third-order valence-corrected chi connectivity index (χ3v) is 6.85. The van der Waals surface area contributed by atoms with E-state index in [1.54, 1.807) is 0 Å². The molecule has 0 saturated heterocycles. The number of carbonyl (C=O) groups is 1. The predicted octanol–water partition coefficient (Wildman–Crippen LogP) is 3.24. The van der Waals surface area contributed by atoms with Gasteiger partial charge in [0.05, 0.1) is 13.0 Å². The molecule has 1 aliphatic carbocycles. The molecule has 1 aliphatic rings. The van der Waals surface area contributed by atoms with E-state index in [1.807, 2.05) is 13.0 Å². The van der Waals surface area contributed by atoms with Crippen molar-refractivity contribution in [2.45, 2.75) is 51.8 Å². The smallest absolute Gasteiger partial charge is 0.306 e. The minimum absolute atomic E-state index is 0.0859. The van der Waals surface area contributed by atoms with E-state index in [1.165, 1.54) is 5.19 Å². The molecule has 0 bridgehead atoms. The molecule has 1 aromatic rings. The molecule has 2 atom stereocenters. The van der Waals surface area contributed by atoms with Crippen LogP contribution in [0.2, 0.25) is 13.1 Å². The summed E-state index contributed by atoms with van der Waals surface area (Å²) in [6.07, 6.45) is 3.98. The maximum atomic E-state index is 11.7. The molecule has 3 nitrogen and oxygen atoms in total. The SMILES string of the molecule is CCOC(=O)C[C@@H]1CCC[C@@H]1O[Si](C)(C)c1ccccc1. The minimum atomic E-state index is -1.91. The summed E-state index contributed by atoms with van der Waals surface area (Å²) in [7, 11) is -1.91. The summed E-state index contributed by atoms with van der Waals surface area (Å²) in [6, 6.07) is 10.5. The van der Waals surface area contributed by atoms with Gasteiger partial charge in [-0.2, -0.15) is 0 Å². The fourth-order valence-electron chi connectivity index (χ4n) is 3.11. The number of esters is 1. The second-order valence-electron chi connectivity index (χ2n) is 6.23. The Kier molecular flexibility index (Phi) is 5.59. The van der Waals surface area contributed by atoms with Gasteiger partial charge in [-0.15, -0.1) is 0 Å². The molecule has 0 aromatic heterocycles. The van der Waals surface area contributed by atoms with Gasteiger partial charge in [0.15, 0.2) is 0 Å². The molecule has 0 heterocycles. The zero-order valence-electron chi connectivity index (χ0n) is 13.3. The van der Waals surface area contributed by atoms with Crippen molar-refractivity contribution >= 4 is 19.5 Å². The Hall–Kier alpha value is -1.13. The van der Waals surface area contributed by atoms with Crippen molar-refractivity contribution in [2.75, 3.05) is 6.61 Å². The Morgan fingerprint density at radius 1 is 1.24 bits per heavy atom. The van der Waals surface area contributed by atoms with Crippen molar-refractivity contribution in [1.29, 1.82) is 0 Å². The molecule has 2 rings (SSSR count). The summed E-state index contributed by atoms with van der Waals surface area (Å²) in [5, 5.41) is 1.31. The Balaban J connectivity index is 1.99. The van der Waals surface area contributed by atoms with Crippen LogP contribution in [-0.4, -0.2) is 27.0 Å². The van der Waals surface area contributed by atoms with Gasteiger partial charge in [0, 0.05) is 6.10 Å². The molecular formula is C17H26O3Si. The first-order valence-corrected chi connectivity index (χ1v) is 10.8. The number of hydrogen-bond acceptors (Lipinski definition) is 3. The van der Waals surface area contributed by atoms with Crippen molar-refractivity contribution in [2.24, 2.45) is 5.92 Å². The molecule has 0 unspecified atom stereocenters. The molecule has 1 fully saturated rings. The standard InChI is InChI=1S/C17H26O3Si/c1-4-19-17(18)13-14-9-8-12-16(14)20-21(2,3)15-10-6-5-7-11-15/h5-7,10-11,14,16H,4,8-9,12-13H2,1-3H3/t14-,16-/m0/s1. The summed E-state index contributed by atoms with van der Waals surface area (Å²) in [5.74, 6) is 0.233. The fourth-order valence-corrected chi connectivity index (χ4v) is 5.31. The number of ether oxygens (including phenoxy) is 1. The largest absolute Gasteiger partial charge is 0.466 e. The molecule has 0 amide bonds. The molecule has 1 aromatic carbocycles. The van der Waals surface area contributed by atoms with E-state index in [0.29, 0.717) is 18.9 Å². The Labute approximate surface area is 128 Å². The Bertz CT molecular complexity index is 458. The number of carbonyl (C=O) groups excluding carboxylic acids is 1. The zero-order valence-corrected chi connectivity index (χ0v) is 14.3. The number of benzene rings is 1. The van der Waals surface area contributed by atoms with Gasteiger partial charge >= 0.3 is 5.97 Å². The average molecular weight is 306 g/mol. The van der Waals surface area contributed by atoms with Gasteiger partial charge in [0.1, 0.15) is 0 Å². The van der Waals surface area contributed by atoms with Crippen molar-refractivity contribution in [3.63, 3.8) is 0 Å². The van der Waals surface area contributed by atoms with Crippen LogP contribution in [0.5, 0.6) is 0 Å². The van der Waals surface area contributed by atoms with Crippen LogP contribution in [0.1, 0.15) is 32.6 Å². The second-order valence-corrected chi connectivity index (χ2v) is 10.1. The van der Waals surface area contributed by atoms with Crippen molar-refractivity contribution in [1.82, 2.24) is 0 Å². The van der Waals surface area contributed by atoms with Gasteiger partial charge < -0.3 is 9.16 Å². The van der Waals surface area contributed by atoms with Gasteiger partial charge in [0.2, 0.25) is 8.32 Å². The lowest BCUT2D eigenvalue weighted by Gasteiger charge is -2.30. The zero-order chi connectivity index (χ0) is 15.3.